The largest absolute Gasteiger partial charge is 0.450 e. The molecule has 1 aromatic rings. The molecule has 1 aromatic carbocycles. The molecule has 0 radical (unpaired) electrons. The third-order valence-electron chi connectivity index (χ3n) is 4.67. The van der Waals surface area contributed by atoms with Gasteiger partial charge in [0.05, 0.1) is 6.61 Å². The standard InChI is InChI=1S/C20H33N5O2/c1-4-27-20(26)25-13-10-18(11-14-25)23-19(21-2)22-12-15-24(3)16-17-8-6-5-7-9-17/h5-9,18H,4,10-16H2,1-3H3,(H2,21,22,23). The minimum Gasteiger partial charge on any atom is -0.450 e. The second-order valence-electron chi connectivity index (χ2n) is 6.83. The van der Waals surface area contributed by atoms with Gasteiger partial charge < -0.3 is 25.2 Å². The van der Waals surface area contributed by atoms with Crippen LogP contribution in [-0.4, -0.2) is 74.8 Å². The van der Waals surface area contributed by atoms with Gasteiger partial charge in [-0.3, -0.25) is 4.99 Å². The second kappa shape index (κ2) is 11.4. The van der Waals surface area contributed by atoms with Crippen molar-refractivity contribution in [2.75, 3.05) is 46.9 Å². The quantitative estimate of drug-likeness (QED) is 0.563. The number of guanidine groups is 1. The highest BCUT2D eigenvalue weighted by Gasteiger charge is 2.23. The molecule has 1 aliphatic heterocycles. The highest BCUT2D eigenvalue weighted by molar-refractivity contribution is 5.80. The topological polar surface area (TPSA) is 69.2 Å². The highest BCUT2D eigenvalue weighted by atomic mass is 16.6. The predicted molar refractivity (Wildman–Crippen MR) is 109 cm³/mol. The molecule has 1 amide bonds. The summed E-state index contributed by atoms with van der Waals surface area (Å²) in [5.74, 6) is 0.817. The van der Waals surface area contributed by atoms with E-state index in [0.717, 1.165) is 38.4 Å². The van der Waals surface area contributed by atoms with Gasteiger partial charge in [-0.15, -0.1) is 0 Å². The zero-order chi connectivity index (χ0) is 19.5. The first-order chi connectivity index (χ1) is 13.1. The molecule has 1 heterocycles. The number of hydrogen-bond acceptors (Lipinski definition) is 4. The number of likely N-dealkylation sites (N-methyl/N-ethyl adjacent to an activating group) is 1. The van der Waals surface area contributed by atoms with E-state index in [9.17, 15) is 4.79 Å². The zero-order valence-electron chi connectivity index (χ0n) is 16.8. The Labute approximate surface area is 162 Å². The molecule has 0 aliphatic carbocycles. The van der Waals surface area contributed by atoms with E-state index in [1.54, 1.807) is 11.9 Å². The van der Waals surface area contributed by atoms with Gasteiger partial charge >= 0.3 is 6.09 Å². The Bertz CT molecular complexity index is 585. The third-order valence-corrected chi connectivity index (χ3v) is 4.67. The molecule has 27 heavy (non-hydrogen) atoms. The fraction of sp³-hybridized carbons (Fsp3) is 0.600. The minimum absolute atomic E-state index is 0.208. The van der Waals surface area contributed by atoms with Gasteiger partial charge in [0.25, 0.3) is 0 Å². The summed E-state index contributed by atoms with van der Waals surface area (Å²) in [5.41, 5.74) is 1.32. The van der Waals surface area contributed by atoms with Crippen LogP contribution in [0.4, 0.5) is 4.79 Å². The Balaban J connectivity index is 1.65. The predicted octanol–water partition coefficient (Wildman–Crippen LogP) is 1.90. The smallest absolute Gasteiger partial charge is 0.409 e. The van der Waals surface area contributed by atoms with Crippen molar-refractivity contribution in [3.8, 4) is 0 Å². The van der Waals surface area contributed by atoms with Crippen molar-refractivity contribution >= 4 is 12.1 Å². The molecule has 0 bridgehead atoms. The second-order valence-corrected chi connectivity index (χ2v) is 6.83. The summed E-state index contributed by atoms with van der Waals surface area (Å²) in [6, 6.07) is 10.8. The van der Waals surface area contributed by atoms with E-state index >= 15 is 0 Å². The van der Waals surface area contributed by atoms with Crippen molar-refractivity contribution in [1.82, 2.24) is 20.4 Å². The third kappa shape index (κ3) is 7.46. The van der Waals surface area contributed by atoms with Gasteiger partial charge in [-0.1, -0.05) is 30.3 Å². The molecule has 0 spiro atoms. The van der Waals surface area contributed by atoms with Crippen LogP contribution in [0.2, 0.25) is 0 Å². The summed E-state index contributed by atoms with van der Waals surface area (Å²) < 4.78 is 5.06. The van der Waals surface area contributed by atoms with E-state index < -0.39 is 0 Å². The molecule has 2 rings (SSSR count). The number of carbonyl (C=O) groups excluding carboxylic acids is 1. The first-order valence-corrected chi connectivity index (χ1v) is 9.73. The van der Waals surface area contributed by atoms with Crippen molar-refractivity contribution in [2.24, 2.45) is 4.99 Å². The molecular formula is C20H33N5O2. The lowest BCUT2D eigenvalue weighted by Crippen LogP contribution is -2.50. The molecule has 0 unspecified atom stereocenters. The SMILES string of the molecule is CCOC(=O)N1CCC(NC(=NC)NCCN(C)Cc2ccccc2)CC1. The fourth-order valence-corrected chi connectivity index (χ4v) is 3.15. The molecule has 150 valence electrons. The van der Waals surface area contributed by atoms with Gasteiger partial charge in [-0.05, 0) is 32.4 Å². The number of hydrogen-bond donors (Lipinski definition) is 2. The number of likely N-dealkylation sites (tertiary alicyclic amines) is 1. The van der Waals surface area contributed by atoms with Crippen LogP contribution in [0.25, 0.3) is 0 Å². The van der Waals surface area contributed by atoms with Crippen LogP contribution in [-0.2, 0) is 11.3 Å². The summed E-state index contributed by atoms with van der Waals surface area (Å²) in [7, 11) is 3.91. The fourth-order valence-electron chi connectivity index (χ4n) is 3.15. The number of aliphatic imine (C=N–C) groups is 1. The van der Waals surface area contributed by atoms with E-state index in [4.69, 9.17) is 4.74 Å². The maximum Gasteiger partial charge on any atom is 0.409 e. The molecule has 0 atom stereocenters. The molecule has 7 heteroatoms. The molecule has 1 fully saturated rings. The molecule has 7 nitrogen and oxygen atoms in total. The Hall–Kier alpha value is -2.28. The van der Waals surface area contributed by atoms with Crippen LogP contribution in [0.3, 0.4) is 0 Å². The Kier molecular flexibility index (Phi) is 8.91. The molecule has 1 aliphatic rings. The lowest BCUT2D eigenvalue weighted by Gasteiger charge is -2.32. The van der Waals surface area contributed by atoms with Gasteiger partial charge in [0.1, 0.15) is 0 Å². The van der Waals surface area contributed by atoms with Crippen LogP contribution >= 0.6 is 0 Å². The number of nitrogens with one attached hydrogen (secondary N) is 2. The zero-order valence-corrected chi connectivity index (χ0v) is 16.8. The molecule has 0 aromatic heterocycles. The summed E-state index contributed by atoms with van der Waals surface area (Å²) in [6.07, 6.45) is 1.58. The van der Waals surface area contributed by atoms with Crippen molar-refractivity contribution < 1.29 is 9.53 Å². The molecule has 0 saturated carbocycles. The molecule has 2 N–H and O–H groups in total. The first-order valence-electron chi connectivity index (χ1n) is 9.73. The van der Waals surface area contributed by atoms with Crippen LogP contribution in [0.1, 0.15) is 25.3 Å². The van der Waals surface area contributed by atoms with Crippen molar-refractivity contribution in [3.05, 3.63) is 35.9 Å². The van der Waals surface area contributed by atoms with Crippen LogP contribution in [0.5, 0.6) is 0 Å². The minimum atomic E-state index is -0.208. The number of ether oxygens (including phenoxy) is 1. The van der Waals surface area contributed by atoms with E-state index in [2.05, 4.69) is 51.8 Å². The van der Waals surface area contributed by atoms with E-state index in [0.29, 0.717) is 25.7 Å². The van der Waals surface area contributed by atoms with Gasteiger partial charge in [-0.2, -0.15) is 0 Å². The van der Waals surface area contributed by atoms with Gasteiger partial charge in [0.15, 0.2) is 5.96 Å². The van der Waals surface area contributed by atoms with Crippen LogP contribution in [0.15, 0.2) is 35.3 Å². The normalized spacial score (nSPS) is 15.7. The van der Waals surface area contributed by atoms with E-state index in [-0.39, 0.29) is 6.09 Å². The monoisotopic (exact) mass is 375 g/mol. The van der Waals surface area contributed by atoms with E-state index in [1.165, 1.54) is 5.56 Å². The van der Waals surface area contributed by atoms with Crippen molar-refractivity contribution in [1.29, 1.82) is 0 Å². The average molecular weight is 376 g/mol. The number of rotatable bonds is 7. The number of piperidine rings is 1. The van der Waals surface area contributed by atoms with Crippen LogP contribution < -0.4 is 10.6 Å². The lowest BCUT2D eigenvalue weighted by atomic mass is 10.1. The Morgan fingerprint density at radius 2 is 2.00 bits per heavy atom. The highest BCUT2D eigenvalue weighted by Crippen LogP contribution is 2.11. The van der Waals surface area contributed by atoms with Gasteiger partial charge in [0, 0.05) is 45.8 Å². The number of nitrogens with zero attached hydrogens (tertiary/aromatic N) is 3. The van der Waals surface area contributed by atoms with Crippen molar-refractivity contribution in [2.45, 2.75) is 32.4 Å². The summed E-state index contributed by atoms with van der Waals surface area (Å²) in [6.45, 7) is 6.37. The first kappa shape index (κ1) is 21.0. The average Bonchev–Trinajstić information content (AvgIpc) is 2.68. The van der Waals surface area contributed by atoms with Gasteiger partial charge in [-0.25, -0.2) is 4.79 Å². The summed E-state index contributed by atoms with van der Waals surface area (Å²) in [5, 5.41) is 6.84. The number of amides is 1. The van der Waals surface area contributed by atoms with Crippen LogP contribution in [0, 0.1) is 0 Å². The summed E-state index contributed by atoms with van der Waals surface area (Å²) >= 11 is 0. The Morgan fingerprint density at radius 3 is 2.63 bits per heavy atom. The summed E-state index contributed by atoms with van der Waals surface area (Å²) in [4.78, 5) is 20.1. The lowest BCUT2D eigenvalue weighted by molar-refractivity contribution is 0.0963. The van der Waals surface area contributed by atoms with Gasteiger partial charge in [0.2, 0.25) is 0 Å². The van der Waals surface area contributed by atoms with Crippen molar-refractivity contribution in [3.63, 3.8) is 0 Å². The maximum atomic E-state index is 11.8. The number of benzene rings is 1. The molecule has 1 saturated heterocycles. The number of carbonyl (C=O) groups is 1. The van der Waals surface area contributed by atoms with E-state index in [1.807, 2.05) is 13.0 Å². The Morgan fingerprint density at radius 1 is 1.30 bits per heavy atom. The molecular weight excluding hydrogens is 342 g/mol. The maximum absolute atomic E-state index is 11.8.